The monoisotopic (exact) mass is 621 g/mol. The Labute approximate surface area is 270 Å². The number of hydrogen-bond acceptors (Lipinski definition) is 5. The molecule has 240 valence electrons. The van der Waals surface area contributed by atoms with Crippen molar-refractivity contribution in [2.45, 2.75) is 78.7 Å². The van der Waals surface area contributed by atoms with Crippen molar-refractivity contribution >= 4 is 28.5 Å². The summed E-state index contributed by atoms with van der Waals surface area (Å²) in [6.45, 7) is 11.6. The first kappa shape index (κ1) is 30.1. The standard InChI is InChI=1S/C37H43N5O4/c1-6-42-32-23-40(22-28(32)19-38-42)35(43)27-16-26-18-31(25-10-9-15-39(21-25)36(44)46-37(2,3)4)41(20-24-13-14-24)34(26)30(17-27)29-11-7-8-12-33(29)45-5/h7-8,10-12,16-19,24H,6,9,13-15,20-23H2,1-5H3. The highest BCUT2D eigenvalue weighted by Crippen LogP contribution is 2.42. The molecule has 0 N–H and O–H groups in total. The van der Waals surface area contributed by atoms with Crippen molar-refractivity contribution in [3.05, 3.63) is 77.3 Å². The third-order valence-corrected chi connectivity index (χ3v) is 9.23. The van der Waals surface area contributed by atoms with Crippen molar-refractivity contribution in [3.8, 4) is 16.9 Å². The average molecular weight is 622 g/mol. The molecule has 2 amide bonds. The molecular weight excluding hydrogens is 578 g/mol. The van der Waals surface area contributed by atoms with Crippen LogP contribution >= 0.6 is 0 Å². The van der Waals surface area contributed by atoms with Crippen molar-refractivity contribution in [1.29, 1.82) is 0 Å². The molecule has 0 spiro atoms. The lowest BCUT2D eigenvalue weighted by molar-refractivity contribution is 0.0272. The van der Waals surface area contributed by atoms with Crippen LogP contribution in [0.4, 0.5) is 4.79 Å². The van der Waals surface area contributed by atoms with Crippen LogP contribution in [-0.2, 0) is 30.9 Å². The van der Waals surface area contributed by atoms with Gasteiger partial charge in [-0.1, -0.05) is 24.3 Å². The van der Waals surface area contributed by atoms with Crippen molar-refractivity contribution in [1.82, 2.24) is 24.1 Å². The Hall–Kier alpha value is -4.53. The van der Waals surface area contributed by atoms with Gasteiger partial charge in [0, 0.05) is 59.5 Å². The highest BCUT2D eigenvalue weighted by molar-refractivity contribution is 6.05. The Bertz CT molecular complexity index is 1850. The number of ether oxygens (including phenoxy) is 2. The predicted molar refractivity (Wildman–Crippen MR) is 179 cm³/mol. The number of hydrogen-bond donors (Lipinski definition) is 0. The van der Waals surface area contributed by atoms with Crippen LogP contribution in [0, 0.1) is 5.92 Å². The normalized spacial score (nSPS) is 16.5. The van der Waals surface area contributed by atoms with E-state index in [1.807, 2.05) is 66.9 Å². The molecule has 46 heavy (non-hydrogen) atoms. The zero-order valence-electron chi connectivity index (χ0n) is 27.5. The molecule has 2 aromatic heterocycles. The Kier molecular flexibility index (Phi) is 7.65. The molecule has 0 bridgehead atoms. The number of methoxy groups -OCH3 is 1. The summed E-state index contributed by atoms with van der Waals surface area (Å²) in [6.07, 6.45) is 7.02. The molecule has 2 aromatic carbocycles. The van der Waals surface area contributed by atoms with Crippen LogP contribution in [0.5, 0.6) is 5.75 Å². The Balaban J connectivity index is 1.34. The van der Waals surface area contributed by atoms with E-state index in [0.29, 0.717) is 37.7 Å². The summed E-state index contributed by atoms with van der Waals surface area (Å²) in [7, 11) is 1.69. The maximum absolute atomic E-state index is 14.2. The van der Waals surface area contributed by atoms with Crippen molar-refractivity contribution in [3.63, 3.8) is 0 Å². The van der Waals surface area contributed by atoms with Gasteiger partial charge in [0.25, 0.3) is 5.91 Å². The summed E-state index contributed by atoms with van der Waals surface area (Å²) in [4.78, 5) is 31.0. The minimum atomic E-state index is -0.557. The number of fused-ring (bicyclic) bond motifs is 2. The SMILES string of the molecule is CCn1ncc2c1CN(C(=O)c1cc(-c3ccccc3OC)c3c(c1)cc(C1=CCCN(C(=O)OC(C)(C)C)C1)n3CC1CC1)C2. The van der Waals surface area contributed by atoms with Gasteiger partial charge in [0.1, 0.15) is 11.4 Å². The number of carbonyl (C=O) groups is 2. The lowest BCUT2D eigenvalue weighted by atomic mass is 9.98. The summed E-state index contributed by atoms with van der Waals surface area (Å²) in [5.74, 6) is 1.37. The fourth-order valence-corrected chi connectivity index (χ4v) is 6.84. The van der Waals surface area contributed by atoms with Gasteiger partial charge >= 0.3 is 6.09 Å². The molecule has 4 aromatic rings. The lowest BCUT2D eigenvalue weighted by Crippen LogP contribution is -2.39. The maximum atomic E-state index is 14.2. The van der Waals surface area contributed by atoms with Gasteiger partial charge in [-0.15, -0.1) is 0 Å². The molecule has 0 atom stereocenters. The van der Waals surface area contributed by atoms with Gasteiger partial charge in [-0.2, -0.15) is 5.10 Å². The van der Waals surface area contributed by atoms with E-state index < -0.39 is 5.60 Å². The van der Waals surface area contributed by atoms with Crippen LogP contribution in [0.15, 0.2) is 54.7 Å². The molecule has 7 rings (SSSR count). The Morgan fingerprint density at radius 2 is 1.80 bits per heavy atom. The minimum absolute atomic E-state index is 0.00127. The van der Waals surface area contributed by atoms with E-state index in [9.17, 15) is 9.59 Å². The highest BCUT2D eigenvalue weighted by atomic mass is 16.6. The quantitative estimate of drug-likeness (QED) is 0.219. The fraction of sp³-hybridized carbons (Fsp3) is 0.432. The van der Waals surface area contributed by atoms with E-state index in [0.717, 1.165) is 69.8 Å². The second kappa shape index (κ2) is 11.7. The van der Waals surface area contributed by atoms with Crippen LogP contribution in [0.25, 0.3) is 27.6 Å². The molecule has 3 aliphatic rings. The smallest absolute Gasteiger partial charge is 0.410 e. The lowest BCUT2D eigenvalue weighted by Gasteiger charge is -2.30. The second-order valence-corrected chi connectivity index (χ2v) is 13.8. The second-order valence-electron chi connectivity index (χ2n) is 13.8. The number of nitrogens with zero attached hydrogens (tertiary/aromatic N) is 5. The van der Waals surface area contributed by atoms with Crippen LogP contribution in [0.2, 0.25) is 0 Å². The summed E-state index contributed by atoms with van der Waals surface area (Å²) < 4.78 is 16.0. The van der Waals surface area contributed by atoms with E-state index in [4.69, 9.17) is 9.47 Å². The van der Waals surface area contributed by atoms with Gasteiger partial charge in [0.2, 0.25) is 0 Å². The van der Waals surface area contributed by atoms with Crippen LogP contribution in [0.3, 0.4) is 0 Å². The van der Waals surface area contributed by atoms with E-state index >= 15 is 0 Å². The summed E-state index contributed by atoms with van der Waals surface area (Å²) in [6, 6.07) is 14.3. The zero-order valence-corrected chi connectivity index (χ0v) is 27.5. The number of para-hydroxylation sites is 1. The Morgan fingerprint density at radius 3 is 2.54 bits per heavy atom. The molecular formula is C37H43N5O4. The van der Waals surface area contributed by atoms with Crippen molar-refractivity contribution in [2.75, 3.05) is 20.2 Å². The largest absolute Gasteiger partial charge is 0.496 e. The minimum Gasteiger partial charge on any atom is -0.496 e. The van der Waals surface area contributed by atoms with E-state index in [1.54, 1.807) is 12.0 Å². The topological polar surface area (TPSA) is 81.8 Å². The van der Waals surface area contributed by atoms with Crippen molar-refractivity contribution in [2.24, 2.45) is 5.92 Å². The first-order chi connectivity index (χ1) is 22.1. The number of aromatic nitrogens is 3. The third-order valence-electron chi connectivity index (χ3n) is 9.23. The third kappa shape index (κ3) is 5.67. The molecule has 2 aliphatic heterocycles. The van der Waals surface area contributed by atoms with Gasteiger partial charge in [-0.05, 0) is 82.7 Å². The van der Waals surface area contributed by atoms with Gasteiger partial charge < -0.3 is 23.8 Å². The summed E-state index contributed by atoms with van der Waals surface area (Å²) in [5.41, 5.74) is 7.52. The fourth-order valence-electron chi connectivity index (χ4n) is 6.84. The van der Waals surface area contributed by atoms with Crippen LogP contribution < -0.4 is 4.74 Å². The van der Waals surface area contributed by atoms with E-state index in [2.05, 4.69) is 34.8 Å². The molecule has 0 unspecified atom stereocenters. The first-order valence-electron chi connectivity index (χ1n) is 16.4. The zero-order chi connectivity index (χ0) is 32.2. The molecule has 0 saturated heterocycles. The summed E-state index contributed by atoms with van der Waals surface area (Å²) >= 11 is 0. The van der Waals surface area contributed by atoms with Crippen molar-refractivity contribution < 1.29 is 19.1 Å². The number of carbonyl (C=O) groups excluding carboxylic acids is 2. The number of amides is 2. The van der Waals surface area contributed by atoms with Gasteiger partial charge in [-0.25, -0.2) is 4.79 Å². The average Bonchev–Trinajstić information content (AvgIpc) is 3.46. The van der Waals surface area contributed by atoms with Crippen LogP contribution in [0.1, 0.15) is 74.3 Å². The predicted octanol–water partition coefficient (Wildman–Crippen LogP) is 7.12. The number of aryl methyl sites for hydroxylation is 1. The van der Waals surface area contributed by atoms with Crippen LogP contribution in [-0.4, -0.2) is 61.9 Å². The Morgan fingerprint density at radius 1 is 1.00 bits per heavy atom. The number of benzene rings is 2. The molecule has 0 radical (unpaired) electrons. The first-order valence-corrected chi connectivity index (χ1v) is 16.4. The molecule has 9 nitrogen and oxygen atoms in total. The number of rotatable bonds is 7. The molecule has 1 fully saturated rings. The van der Waals surface area contributed by atoms with E-state index in [-0.39, 0.29) is 12.0 Å². The van der Waals surface area contributed by atoms with Gasteiger partial charge in [0.05, 0.1) is 37.6 Å². The van der Waals surface area contributed by atoms with E-state index in [1.165, 1.54) is 12.8 Å². The van der Waals surface area contributed by atoms with Gasteiger partial charge in [0.15, 0.2) is 0 Å². The highest BCUT2D eigenvalue weighted by Gasteiger charge is 2.32. The molecule has 1 aliphatic carbocycles. The summed E-state index contributed by atoms with van der Waals surface area (Å²) in [5, 5.41) is 5.49. The molecule has 9 heteroatoms. The molecule has 1 saturated carbocycles. The van der Waals surface area contributed by atoms with Gasteiger partial charge in [-0.3, -0.25) is 9.48 Å². The molecule has 4 heterocycles. The maximum Gasteiger partial charge on any atom is 0.410 e.